The first-order chi connectivity index (χ1) is 14.1. The normalized spacial score (nSPS) is 21.5. The van der Waals surface area contributed by atoms with Crippen LogP contribution in [0.2, 0.25) is 0 Å². The number of rotatable bonds is 7. The van der Waals surface area contributed by atoms with Gasteiger partial charge in [-0.25, -0.2) is 0 Å². The molecule has 4 nitrogen and oxygen atoms in total. The van der Waals surface area contributed by atoms with Crippen LogP contribution in [-0.4, -0.2) is 29.9 Å². The van der Waals surface area contributed by atoms with Crippen LogP contribution in [0.25, 0.3) is 0 Å². The minimum absolute atomic E-state index is 0.176. The van der Waals surface area contributed by atoms with E-state index in [0.717, 1.165) is 32.2 Å². The summed E-state index contributed by atoms with van der Waals surface area (Å²) in [6.07, 6.45) is 3.69. The highest BCUT2D eigenvalue weighted by Gasteiger charge is 2.32. The molecular formula is C25H28N2O2. The second-order valence-corrected chi connectivity index (χ2v) is 8.21. The molecule has 2 aliphatic heterocycles. The summed E-state index contributed by atoms with van der Waals surface area (Å²) in [5.74, 6) is -0.786. The zero-order valence-electron chi connectivity index (χ0n) is 16.9. The van der Waals surface area contributed by atoms with Crippen molar-refractivity contribution in [2.45, 2.75) is 32.6 Å². The first kappa shape index (κ1) is 19.6. The minimum Gasteiger partial charge on any atom is -0.481 e. The van der Waals surface area contributed by atoms with Crippen LogP contribution in [0.5, 0.6) is 0 Å². The number of carbonyl (C=O) groups is 1. The predicted molar refractivity (Wildman–Crippen MR) is 116 cm³/mol. The first-order valence-corrected chi connectivity index (χ1v) is 10.4. The molecule has 4 heteroatoms. The third-order valence-electron chi connectivity index (χ3n) is 6.13. The highest BCUT2D eigenvalue weighted by atomic mass is 16.4. The van der Waals surface area contributed by atoms with Gasteiger partial charge in [0.1, 0.15) is 0 Å². The maximum Gasteiger partial charge on any atom is 0.308 e. The van der Waals surface area contributed by atoms with E-state index in [9.17, 15) is 9.90 Å². The van der Waals surface area contributed by atoms with Gasteiger partial charge in [0.25, 0.3) is 0 Å². The Kier molecular flexibility index (Phi) is 5.91. The molecule has 29 heavy (non-hydrogen) atoms. The van der Waals surface area contributed by atoms with Crippen LogP contribution in [0.3, 0.4) is 0 Å². The van der Waals surface area contributed by atoms with E-state index in [2.05, 4.69) is 60.8 Å². The highest BCUT2D eigenvalue weighted by Crippen LogP contribution is 2.27. The Morgan fingerprint density at radius 2 is 1.76 bits per heavy atom. The summed E-state index contributed by atoms with van der Waals surface area (Å²) in [5, 5.41) is 12.5. The Morgan fingerprint density at radius 3 is 2.48 bits per heavy atom. The Labute approximate surface area is 172 Å². The van der Waals surface area contributed by atoms with E-state index < -0.39 is 5.97 Å². The SMILES string of the molecule is CC1=C(CCc2ccc(CC3CNCC3C(=O)O)cc2)N=C(c2ccccc2)C1. The standard InChI is InChI=1S/C25H28N2O2/c1-17-13-24(20-5-3-2-4-6-20)27-23(17)12-11-18-7-9-19(10-8-18)14-21-15-26-16-22(21)25(28)29/h2-10,21-22,26H,11-16H2,1H3,(H,28,29). The number of aliphatic carboxylic acids is 1. The maximum atomic E-state index is 11.4. The molecular weight excluding hydrogens is 360 g/mol. The third-order valence-corrected chi connectivity index (χ3v) is 6.13. The average Bonchev–Trinajstić information content (AvgIpc) is 3.35. The molecule has 150 valence electrons. The van der Waals surface area contributed by atoms with Crippen molar-refractivity contribution in [2.75, 3.05) is 13.1 Å². The molecule has 2 aliphatic rings. The second kappa shape index (κ2) is 8.75. The van der Waals surface area contributed by atoms with Crippen LogP contribution < -0.4 is 5.32 Å². The lowest BCUT2D eigenvalue weighted by atomic mass is 9.89. The van der Waals surface area contributed by atoms with Gasteiger partial charge in [0.2, 0.25) is 0 Å². The van der Waals surface area contributed by atoms with Gasteiger partial charge >= 0.3 is 5.97 Å². The summed E-state index contributed by atoms with van der Waals surface area (Å²) in [6.45, 7) is 3.55. The fourth-order valence-electron chi connectivity index (χ4n) is 4.36. The summed E-state index contributed by atoms with van der Waals surface area (Å²) in [4.78, 5) is 16.3. The van der Waals surface area contributed by atoms with Gasteiger partial charge < -0.3 is 10.4 Å². The molecule has 0 spiro atoms. The number of hydrogen-bond acceptors (Lipinski definition) is 3. The Balaban J connectivity index is 1.34. The molecule has 2 atom stereocenters. The summed E-state index contributed by atoms with van der Waals surface area (Å²) < 4.78 is 0. The molecule has 2 heterocycles. The number of aryl methyl sites for hydroxylation is 1. The van der Waals surface area contributed by atoms with Gasteiger partial charge in [-0.1, -0.05) is 54.6 Å². The molecule has 0 radical (unpaired) electrons. The molecule has 0 aliphatic carbocycles. The summed E-state index contributed by atoms with van der Waals surface area (Å²) in [5.41, 5.74) is 7.49. The maximum absolute atomic E-state index is 11.4. The van der Waals surface area contributed by atoms with Gasteiger partial charge in [0, 0.05) is 18.7 Å². The highest BCUT2D eigenvalue weighted by molar-refractivity contribution is 6.04. The molecule has 2 aromatic carbocycles. The summed E-state index contributed by atoms with van der Waals surface area (Å²) in [6, 6.07) is 19.1. The molecule has 4 rings (SSSR count). The predicted octanol–water partition coefficient (Wildman–Crippen LogP) is 4.25. The van der Waals surface area contributed by atoms with Crippen molar-refractivity contribution < 1.29 is 9.90 Å². The Hall–Kier alpha value is -2.72. The van der Waals surface area contributed by atoms with Crippen molar-refractivity contribution in [1.82, 2.24) is 5.32 Å². The van der Waals surface area contributed by atoms with Gasteiger partial charge in [-0.3, -0.25) is 9.79 Å². The number of nitrogens with zero attached hydrogens (tertiary/aromatic N) is 1. The van der Waals surface area contributed by atoms with Crippen molar-refractivity contribution in [3.05, 3.63) is 82.6 Å². The Bertz CT molecular complexity index is 929. The largest absolute Gasteiger partial charge is 0.481 e. The molecule has 2 N–H and O–H groups in total. The smallest absolute Gasteiger partial charge is 0.308 e. The molecule has 0 aromatic heterocycles. The van der Waals surface area contributed by atoms with Crippen LogP contribution in [-0.2, 0) is 17.6 Å². The molecule has 0 amide bonds. The molecule has 1 fully saturated rings. The second-order valence-electron chi connectivity index (χ2n) is 8.21. The number of allylic oxidation sites excluding steroid dienone is 2. The van der Waals surface area contributed by atoms with Crippen molar-refractivity contribution in [3.63, 3.8) is 0 Å². The third kappa shape index (κ3) is 4.65. The number of nitrogens with one attached hydrogen (secondary N) is 1. The van der Waals surface area contributed by atoms with E-state index in [1.165, 1.54) is 33.7 Å². The van der Waals surface area contributed by atoms with Gasteiger partial charge in [-0.05, 0) is 60.9 Å². The number of carboxylic acid groups (broad SMARTS) is 1. The summed E-state index contributed by atoms with van der Waals surface area (Å²) >= 11 is 0. The zero-order valence-corrected chi connectivity index (χ0v) is 16.9. The van der Waals surface area contributed by atoms with Crippen molar-refractivity contribution in [2.24, 2.45) is 16.8 Å². The quantitative estimate of drug-likeness (QED) is 0.745. The van der Waals surface area contributed by atoms with Crippen LogP contribution in [0.1, 0.15) is 36.5 Å². The van der Waals surface area contributed by atoms with Gasteiger partial charge in [-0.15, -0.1) is 0 Å². The van der Waals surface area contributed by atoms with E-state index >= 15 is 0 Å². The number of benzene rings is 2. The van der Waals surface area contributed by atoms with E-state index in [1.807, 2.05) is 6.07 Å². The minimum atomic E-state index is -0.688. The molecule has 2 unspecified atom stereocenters. The zero-order chi connectivity index (χ0) is 20.2. The average molecular weight is 389 g/mol. The lowest BCUT2D eigenvalue weighted by Crippen LogP contribution is -2.23. The van der Waals surface area contributed by atoms with Crippen molar-refractivity contribution in [3.8, 4) is 0 Å². The van der Waals surface area contributed by atoms with Crippen LogP contribution in [0.15, 0.2) is 70.9 Å². The summed E-state index contributed by atoms with van der Waals surface area (Å²) in [7, 11) is 0. The van der Waals surface area contributed by atoms with Crippen LogP contribution in [0, 0.1) is 11.8 Å². The monoisotopic (exact) mass is 388 g/mol. The van der Waals surface area contributed by atoms with Crippen molar-refractivity contribution >= 4 is 11.7 Å². The lowest BCUT2D eigenvalue weighted by Gasteiger charge is -2.14. The molecule has 0 saturated carbocycles. The van der Waals surface area contributed by atoms with Gasteiger partial charge in [0.05, 0.1) is 11.6 Å². The van der Waals surface area contributed by atoms with Crippen LogP contribution >= 0.6 is 0 Å². The fourth-order valence-corrected chi connectivity index (χ4v) is 4.36. The van der Waals surface area contributed by atoms with E-state index in [4.69, 9.17) is 4.99 Å². The van der Waals surface area contributed by atoms with Crippen LogP contribution in [0.4, 0.5) is 0 Å². The fraction of sp³-hybridized carbons (Fsp3) is 0.360. The number of carboxylic acids is 1. The van der Waals surface area contributed by atoms with E-state index in [1.54, 1.807) is 0 Å². The van der Waals surface area contributed by atoms with Gasteiger partial charge in [0.15, 0.2) is 0 Å². The van der Waals surface area contributed by atoms with Gasteiger partial charge in [-0.2, -0.15) is 0 Å². The van der Waals surface area contributed by atoms with Crippen molar-refractivity contribution in [1.29, 1.82) is 0 Å². The molecule has 0 bridgehead atoms. The van der Waals surface area contributed by atoms with E-state index in [-0.39, 0.29) is 11.8 Å². The molecule has 2 aromatic rings. The number of aliphatic imine (C=N–C) groups is 1. The first-order valence-electron chi connectivity index (χ1n) is 10.4. The number of hydrogen-bond donors (Lipinski definition) is 2. The molecule has 1 saturated heterocycles. The lowest BCUT2D eigenvalue weighted by molar-refractivity contribution is -0.142. The van der Waals surface area contributed by atoms with E-state index in [0.29, 0.717) is 6.54 Å². The topological polar surface area (TPSA) is 61.7 Å². The Morgan fingerprint density at radius 1 is 1.03 bits per heavy atom.